The van der Waals surface area contributed by atoms with Crippen LogP contribution in [0.4, 0.5) is 4.79 Å². The molecule has 19 heavy (non-hydrogen) atoms. The molecule has 4 nitrogen and oxygen atoms in total. The number of carbonyl (C=O) groups is 1. The molecular weight excluding hydrogens is 280 g/mol. The molecule has 0 atom stereocenters. The van der Waals surface area contributed by atoms with Crippen molar-refractivity contribution < 1.29 is 9.53 Å². The summed E-state index contributed by atoms with van der Waals surface area (Å²) in [6.07, 6.45) is -0.313. The second-order valence-electron chi connectivity index (χ2n) is 3.92. The predicted molar refractivity (Wildman–Crippen MR) is 78.3 cm³/mol. The summed E-state index contributed by atoms with van der Waals surface area (Å²) in [6, 6.07) is 7.99. The Morgan fingerprint density at radius 3 is 2.16 bits per heavy atom. The lowest BCUT2D eigenvalue weighted by molar-refractivity contribution is 0.100. The van der Waals surface area contributed by atoms with Crippen LogP contribution in [0.3, 0.4) is 0 Å². The van der Waals surface area contributed by atoms with Gasteiger partial charge in [-0.1, -0.05) is 12.1 Å². The van der Waals surface area contributed by atoms with E-state index in [-0.39, 0.29) is 12.7 Å². The molecule has 0 spiro atoms. The van der Waals surface area contributed by atoms with Gasteiger partial charge in [0.2, 0.25) is 0 Å². The number of thiophene rings is 2. The quantitative estimate of drug-likeness (QED) is 0.891. The maximum atomic E-state index is 12.0. The van der Waals surface area contributed by atoms with Crippen LogP contribution in [0.25, 0.3) is 0 Å². The number of ether oxygens (including phenoxy) is 1. The molecule has 2 aromatic rings. The molecule has 0 aliphatic carbocycles. The molecular formula is C13H16N2O2S2. The highest BCUT2D eigenvalue weighted by atomic mass is 32.1. The molecule has 0 aliphatic rings. The van der Waals surface area contributed by atoms with E-state index in [0.717, 1.165) is 9.75 Å². The fourth-order valence-electron chi connectivity index (χ4n) is 1.60. The Morgan fingerprint density at radius 2 is 1.74 bits per heavy atom. The summed E-state index contributed by atoms with van der Waals surface area (Å²) in [4.78, 5) is 16.0. The van der Waals surface area contributed by atoms with Gasteiger partial charge in [-0.25, -0.2) is 4.79 Å². The molecule has 2 N–H and O–H groups in total. The van der Waals surface area contributed by atoms with Crippen LogP contribution >= 0.6 is 22.7 Å². The molecule has 0 bridgehead atoms. The van der Waals surface area contributed by atoms with E-state index in [2.05, 4.69) is 0 Å². The lowest BCUT2D eigenvalue weighted by Gasteiger charge is -2.20. The molecule has 0 saturated heterocycles. The topological polar surface area (TPSA) is 55.6 Å². The third kappa shape index (κ3) is 4.34. The average Bonchev–Trinajstić information content (AvgIpc) is 3.08. The van der Waals surface area contributed by atoms with Gasteiger partial charge in [-0.3, -0.25) is 4.90 Å². The van der Waals surface area contributed by atoms with Crippen LogP contribution in [0.5, 0.6) is 0 Å². The zero-order chi connectivity index (χ0) is 13.5. The lowest BCUT2D eigenvalue weighted by Crippen LogP contribution is -2.31. The molecule has 6 heteroatoms. The van der Waals surface area contributed by atoms with Crippen LogP contribution in [-0.2, 0) is 17.8 Å². The van der Waals surface area contributed by atoms with E-state index in [1.807, 2.05) is 35.0 Å². The molecule has 2 aromatic heterocycles. The first-order valence-corrected chi connectivity index (χ1v) is 7.72. The Morgan fingerprint density at radius 1 is 1.16 bits per heavy atom. The molecule has 1 amide bonds. The van der Waals surface area contributed by atoms with Gasteiger partial charge in [-0.15, -0.1) is 22.7 Å². The van der Waals surface area contributed by atoms with E-state index in [1.54, 1.807) is 27.6 Å². The molecule has 0 radical (unpaired) electrons. The average molecular weight is 296 g/mol. The van der Waals surface area contributed by atoms with E-state index in [4.69, 9.17) is 10.5 Å². The minimum atomic E-state index is -0.313. The third-order valence-corrected chi connectivity index (χ3v) is 4.18. The van der Waals surface area contributed by atoms with Crippen LogP contribution in [-0.4, -0.2) is 24.1 Å². The molecule has 0 aromatic carbocycles. The van der Waals surface area contributed by atoms with Crippen LogP contribution in [0.15, 0.2) is 35.0 Å². The van der Waals surface area contributed by atoms with E-state index in [9.17, 15) is 4.79 Å². The summed E-state index contributed by atoms with van der Waals surface area (Å²) >= 11 is 3.27. The van der Waals surface area contributed by atoms with E-state index >= 15 is 0 Å². The normalized spacial score (nSPS) is 10.4. The van der Waals surface area contributed by atoms with Crippen molar-refractivity contribution in [2.24, 2.45) is 5.73 Å². The van der Waals surface area contributed by atoms with Gasteiger partial charge in [0.05, 0.1) is 13.1 Å². The molecule has 0 saturated carbocycles. The minimum absolute atomic E-state index is 0.254. The van der Waals surface area contributed by atoms with Crippen molar-refractivity contribution in [1.82, 2.24) is 4.90 Å². The maximum absolute atomic E-state index is 12.0. The maximum Gasteiger partial charge on any atom is 0.410 e. The smallest absolute Gasteiger partial charge is 0.410 e. The van der Waals surface area contributed by atoms with Crippen LogP contribution < -0.4 is 5.73 Å². The highest BCUT2D eigenvalue weighted by Gasteiger charge is 2.16. The summed E-state index contributed by atoms with van der Waals surface area (Å²) in [5.41, 5.74) is 5.36. The molecule has 0 unspecified atom stereocenters. The number of carbonyl (C=O) groups excluding carboxylic acids is 1. The van der Waals surface area contributed by atoms with Gasteiger partial charge in [0.25, 0.3) is 0 Å². The van der Waals surface area contributed by atoms with Crippen molar-refractivity contribution in [2.75, 3.05) is 13.2 Å². The second-order valence-corrected chi connectivity index (χ2v) is 5.98. The highest BCUT2D eigenvalue weighted by molar-refractivity contribution is 7.10. The zero-order valence-electron chi connectivity index (χ0n) is 10.5. The van der Waals surface area contributed by atoms with Gasteiger partial charge in [0, 0.05) is 16.3 Å². The summed E-state index contributed by atoms with van der Waals surface area (Å²) in [7, 11) is 0. The van der Waals surface area contributed by atoms with Gasteiger partial charge in [-0.2, -0.15) is 0 Å². The number of nitrogens with two attached hydrogens (primary N) is 1. The number of nitrogens with zero attached hydrogens (tertiary/aromatic N) is 1. The molecule has 0 aliphatic heterocycles. The van der Waals surface area contributed by atoms with Gasteiger partial charge in [0.15, 0.2) is 0 Å². The fraction of sp³-hybridized carbons (Fsp3) is 0.308. The van der Waals surface area contributed by atoms with E-state index in [0.29, 0.717) is 19.6 Å². The minimum Gasteiger partial charge on any atom is -0.448 e. The van der Waals surface area contributed by atoms with E-state index in [1.165, 1.54) is 0 Å². The van der Waals surface area contributed by atoms with Crippen molar-refractivity contribution in [3.63, 3.8) is 0 Å². The monoisotopic (exact) mass is 296 g/mol. The Bertz CT molecular complexity index is 446. The fourth-order valence-corrected chi connectivity index (χ4v) is 3.04. The van der Waals surface area contributed by atoms with Crippen LogP contribution in [0.1, 0.15) is 9.75 Å². The van der Waals surface area contributed by atoms with Crippen molar-refractivity contribution in [2.45, 2.75) is 13.1 Å². The van der Waals surface area contributed by atoms with Gasteiger partial charge in [0.1, 0.15) is 6.61 Å². The van der Waals surface area contributed by atoms with Gasteiger partial charge < -0.3 is 10.5 Å². The van der Waals surface area contributed by atoms with Crippen molar-refractivity contribution in [3.05, 3.63) is 44.8 Å². The predicted octanol–water partition coefficient (Wildman–Crippen LogP) is 2.91. The molecule has 102 valence electrons. The van der Waals surface area contributed by atoms with Gasteiger partial charge >= 0.3 is 6.09 Å². The summed E-state index contributed by atoms with van der Waals surface area (Å²) in [5.74, 6) is 0. The third-order valence-electron chi connectivity index (χ3n) is 2.46. The van der Waals surface area contributed by atoms with E-state index < -0.39 is 0 Å². The highest BCUT2D eigenvalue weighted by Crippen LogP contribution is 2.17. The Balaban J connectivity index is 2.01. The largest absolute Gasteiger partial charge is 0.448 e. The standard InChI is InChI=1S/C13H16N2O2S2/c14-5-6-17-13(16)15(9-11-3-1-7-18-11)10-12-4-2-8-19-12/h1-4,7-8H,5-6,9-10,14H2. The Kier molecular flexibility index (Phi) is 5.38. The van der Waals surface area contributed by atoms with Crippen LogP contribution in [0, 0.1) is 0 Å². The first-order chi connectivity index (χ1) is 9.29. The first kappa shape index (κ1) is 14.0. The number of hydrogen-bond acceptors (Lipinski definition) is 5. The lowest BCUT2D eigenvalue weighted by atomic mass is 10.4. The van der Waals surface area contributed by atoms with Crippen LogP contribution in [0.2, 0.25) is 0 Å². The summed E-state index contributed by atoms with van der Waals surface area (Å²) in [5, 5.41) is 4.01. The SMILES string of the molecule is NCCOC(=O)N(Cc1cccs1)Cc1cccs1. The van der Waals surface area contributed by atoms with Crippen molar-refractivity contribution in [1.29, 1.82) is 0 Å². The number of rotatable bonds is 6. The molecule has 2 rings (SSSR count). The summed E-state index contributed by atoms with van der Waals surface area (Å²) in [6.45, 7) is 1.74. The summed E-state index contributed by atoms with van der Waals surface area (Å²) < 4.78 is 5.12. The first-order valence-electron chi connectivity index (χ1n) is 5.96. The second kappa shape index (κ2) is 7.28. The molecule has 0 fully saturated rings. The zero-order valence-corrected chi connectivity index (χ0v) is 12.1. The Hall–Kier alpha value is -1.37. The molecule has 2 heterocycles. The van der Waals surface area contributed by atoms with Crippen molar-refractivity contribution >= 4 is 28.8 Å². The Labute approximate surface area is 120 Å². The van der Waals surface area contributed by atoms with Gasteiger partial charge in [-0.05, 0) is 22.9 Å². The van der Waals surface area contributed by atoms with Crippen molar-refractivity contribution in [3.8, 4) is 0 Å². The number of amides is 1. The number of hydrogen-bond donors (Lipinski definition) is 1.